The number of benzene rings is 1. The highest BCUT2D eigenvalue weighted by atomic mass is 14.5. The predicted octanol–water partition coefficient (Wildman–Crippen LogP) is 1.45. The molecule has 4 N–H and O–H groups in total. The normalized spacial score (nSPS) is 9.69. The molecule has 0 fully saturated rings. The van der Waals surface area contributed by atoms with E-state index in [9.17, 15) is 0 Å². The van der Waals surface area contributed by atoms with E-state index in [0.29, 0.717) is 13.1 Å². The van der Waals surface area contributed by atoms with Crippen LogP contribution in [0.2, 0.25) is 0 Å². The number of nitrogens with two attached hydrogens (primary N) is 2. The minimum absolute atomic E-state index is 0.673. The van der Waals surface area contributed by atoms with Crippen molar-refractivity contribution in [2.45, 2.75) is 26.2 Å². The third-order valence-corrected chi connectivity index (χ3v) is 2.33. The molecule has 0 bridgehead atoms. The first-order valence-corrected chi connectivity index (χ1v) is 5.82. The van der Waals surface area contributed by atoms with E-state index in [1.165, 1.54) is 11.1 Å². The lowest BCUT2D eigenvalue weighted by Gasteiger charge is -2.05. The minimum atomic E-state index is 0.673. The number of rotatable bonds is 4. The van der Waals surface area contributed by atoms with E-state index < -0.39 is 0 Å². The summed E-state index contributed by atoms with van der Waals surface area (Å²) in [5.41, 5.74) is 14.7. The van der Waals surface area contributed by atoms with Crippen molar-refractivity contribution in [3.8, 4) is 11.8 Å². The molecule has 2 heteroatoms. The van der Waals surface area contributed by atoms with E-state index in [-0.39, 0.29) is 0 Å². The zero-order valence-corrected chi connectivity index (χ0v) is 9.92. The Kier molecular flexibility index (Phi) is 5.63. The smallest absolute Gasteiger partial charge is 0.0250 e. The van der Waals surface area contributed by atoms with Crippen molar-refractivity contribution in [3.05, 3.63) is 34.9 Å². The van der Waals surface area contributed by atoms with Gasteiger partial charge in [-0.15, -0.1) is 0 Å². The molecule has 1 aromatic carbocycles. The zero-order valence-electron chi connectivity index (χ0n) is 9.92. The second-order valence-corrected chi connectivity index (χ2v) is 3.77. The van der Waals surface area contributed by atoms with Crippen molar-refractivity contribution < 1.29 is 0 Å². The van der Waals surface area contributed by atoms with E-state index in [4.69, 9.17) is 11.5 Å². The number of hydrogen-bond donors (Lipinski definition) is 2. The lowest BCUT2D eigenvalue weighted by Crippen LogP contribution is -2.06. The van der Waals surface area contributed by atoms with Crippen LogP contribution in [-0.4, -0.2) is 13.1 Å². The summed E-state index contributed by atoms with van der Waals surface area (Å²) >= 11 is 0. The highest BCUT2D eigenvalue weighted by molar-refractivity contribution is 5.41. The topological polar surface area (TPSA) is 52.0 Å². The Morgan fingerprint density at radius 1 is 1.00 bits per heavy atom. The fourth-order valence-corrected chi connectivity index (χ4v) is 1.65. The van der Waals surface area contributed by atoms with E-state index in [0.717, 1.165) is 24.8 Å². The monoisotopic (exact) mass is 216 g/mol. The molecule has 1 aromatic rings. The second kappa shape index (κ2) is 7.05. The van der Waals surface area contributed by atoms with Gasteiger partial charge >= 0.3 is 0 Å². The molecule has 0 unspecified atom stereocenters. The Balaban J connectivity index is 2.98. The molecule has 0 radical (unpaired) electrons. The third kappa shape index (κ3) is 4.06. The second-order valence-electron chi connectivity index (χ2n) is 3.77. The molecule has 16 heavy (non-hydrogen) atoms. The van der Waals surface area contributed by atoms with Crippen molar-refractivity contribution in [3.63, 3.8) is 0 Å². The van der Waals surface area contributed by atoms with Gasteiger partial charge in [0.1, 0.15) is 0 Å². The van der Waals surface area contributed by atoms with Crippen LogP contribution in [0.1, 0.15) is 30.0 Å². The minimum Gasteiger partial charge on any atom is -0.330 e. The molecular weight excluding hydrogens is 196 g/mol. The first kappa shape index (κ1) is 12.8. The quantitative estimate of drug-likeness (QED) is 0.748. The van der Waals surface area contributed by atoms with E-state index in [1.54, 1.807) is 0 Å². The van der Waals surface area contributed by atoms with E-state index in [2.05, 4.69) is 37.0 Å². The fourth-order valence-electron chi connectivity index (χ4n) is 1.65. The molecule has 0 aliphatic rings. The van der Waals surface area contributed by atoms with Crippen molar-refractivity contribution in [1.29, 1.82) is 0 Å². The summed E-state index contributed by atoms with van der Waals surface area (Å²) in [6, 6.07) is 6.42. The van der Waals surface area contributed by atoms with Gasteiger partial charge in [0.2, 0.25) is 0 Å². The van der Waals surface area contributed by atoms with Gasteiger partial charge in [0, 0.05) is 12.0 Å². The van der Waals surface area contributed by atoms with Gasteiger partial charge in [0.15, 0.2) is 0 Å². The summed E-state index contributed by atoms with van der Waals surface area (Å²) in [5.74, 6) is 6.25. The lowest BCUT2D eigenvalue weighted by atomic mass is 10.0. The molecule has 0 aliphatic carbocycles. The van der Waals surface area contributed by atoms with Crippen LogP contribution in [0, 0.1) is 11.8 Å². The summed E-state index contributed by atoms with van der Waals surface area (Å²) < 4.78 is 0. The average Bonchev–Trinajstić information content (AvgIpc) is 2.27. The van der Waals surface area contributed by atoms with Gasteiger partial charge in [-0.25, -0.2) is 0 Å². The van der Waals surface area contributed by atoms with Crippen LogP contribution >= 0.6 is 0 Å². The Bertz CT molecular complexity index is 361. The average molecular weight is 216 g/mol. The first-order valence-electron chi connectivity index (χ1n) is 5.82. The summed E-state index contributed by atoms with van der Waals surface area (Å²) in [5, 5.41) is 0. The highest BCUT2D eigenvalue weighted by Crippen LogP contribution is 2.11. The van der Waals surface area contributed by atoms with Crippen molar-refractivity contribution in [2.75, 3.05) is 13.1 Å². The Hall–Kier alpha value is -1.30. The molecule has 86 valence electrons. The van der Waals surface area contributed by atoms with Gasteiger partial charge in [0.05, 0.1) is 0 Å². The van der Waals surface area contributed by atoms with Gasteiger partial charge in [-0.3, -0.25) is 0 Å². The molecule has 0 saturated carbocycles. The van der Waals surface area contributed by atoms with Crippen LogP contribution in [0.3, 0.4) is 0 Å². The van der Waals surface area contributed by atoms with Crippen LogP contribution in [-0.2, 0) is 12.8 Å². The van der Waals surface area contributed by atoms with Crippen molar-refractivity contribution in [1.82, 2.24) is 0 Å². The summed E-state index contributed by atoms with van der Waals surface area (Å²) in [6.07, 6.45) is 2.69. The number of hydrogen-bond acceptors (Lipinski definition) is 2. The van der Waals surface area contributed by atoms with Crippen molar-refractivity contribution >= 4 is 0 Å². The molecule has 0 atom stereocenters. The maximum Gasteiger partial charge on any atom is 0.0250 e. The maximum absolute atomic E-state index is 5.57. The van der Waals surface area contributed by atoms with Crippen LogP contribution in [0.25, 0.3) is 0 Å². The Morgan fingerprint density at radius 2 is 1.56 bits per heavy atom. The molecule has 1 rings (SSSR count). The first-order chi connectivity index (χ1) is 7.80. The lowest BCUT2D eigenvalue weighted by molar-refractivity contribution is 0.939. The summed E-state index contributed by atoms with van der Waals surface area (Å²) in [4.78, 5) is 0. The molecule has 2 nitrogen and oxygen atoms in total. The maximum atomic E-state index is 5.57. The molecule has 0 aliphatic heterocycles. The highest BCUT2D eigenvalue weighted by Gasteiger charge is 1.99. The molecule has 0 amide bonds. The summed E-state index contributed by atoms with van der Waals surface area (Å²) in [7, 11) is 0. The zero-order chi connectivity index (χ0) is 11.8. The van der Waals surface area contributed by atoms with E-state index >= 15 is 0 Å². The van der Waals surface area contributed by atoms with Gasteiger partial charge in [-0.2, -0.15) is 0 Å². The van der Waals surface area contributed by atoms with Crippen LogP contribution < -0.4 is 11.5 Å². The van der Waals surface area contributed by atoms with Crippen molar-refractivity contribution in [2.24, 2.45) is 11.5 Å². The predicted molar refractivity (Wildman–Crippen MR) is 69.1 cm³/mol. The SMILES string of the molecule is CCC#Cc1cc(CCN)cc(CCN)c1. The standard InChI is InChI=1S/C14H20N2/c1-2-3-4-12-9-13(5-7-15)11-14(10-12)6-8-16/h9-11H,2,5-8,15-16H2,1H3. The fraction of sp³-hybridized carbons (Fsp3) is 0.429. The molecule has 0 aromatic heterocycles. The molecule has 0 spiro atoms. The third-order valence-electron chi connectivity index (χ3n) is 2.33. The van der Waals surface area contributed by atoms with E-state index in [1.807, 2.05) is 0 Å². The molecular formula is C14H20N2. The van der Waals surface area contributed by atoms with Gasteiger partial charge in [-0.05, 0) is 49.2 Å². The Labute approximate surface area is 98.0 Å². The largest absolute Gasteiger partial charge is 0.330 e. The van der Waals surface area contributed by atoms with Gasteiger partial charge in [-0.1, -0.05) is 24.8 Å². The molecule has 0 saturated heterocycles. The van der Waals surface area contributed by atoms with Crippen LogP contribution in [0.5, 0.6) is 0 Å². The van der Waals surface area contributed by atoms with Gasteiger partial charge < -0.3 is 11.5 Å². The van der Waals surface area contributed by atoms with Crippen LogP contribution in [0.15, 0.2) is 18.2 Å². The molecule has 0 heterocycles. The van der Waals surface area contributed by atoms with Gasteiger partial charge in [0.25, 0.3) is 0 Å². The van der Waals surface area contributed by atoms with Crippen LogP contribution in [0.4, 0.5) is 0 Å². The summed E-state index contributed by atoms with van der Waals surface area (Å²) in [6.45, 7) is 3.40. The Morgan fingerprint density at radius 3 is 2.00 bits per heavy atom.